The van der Waals surface area contributed by atoms with Gasteiger partial charge in [-0.15, -0.1) is 0 Å². The van der Waals surface area contributed by atoms with Crippen LogP contribution in [-0.2, 0) is 19.1 Å². The number of carbonyl (C=O) groups is 4. The van der Waals surface area contributed by atoms with Crippen molar-refractivity contribution in [3.05, 3.63) is 59.2 Å². The summed E-state index contributed by atoms with van der Waals surface area (Å²) in [7, 11) is 0. The normalized spacial score (nSPS) is 39.3. The van der Waals surface area contributed by atoms with Crippen molar-refractivity contribution in [2.75, 3.05) is 5.75 Å². The molecule has 6 nitrogen and oxygen atoms in total. The predicted octanol–water partition coefficient (Wildman–Crippen LogP) is 6.51. The average Bonchev–Trinajstić information content (AvgIpc) is 3.20. The van der Waals surface area contributed by atoms with E-state index in [1.165, 1.54) is 19.1 Å². The molecule has 0 aromatic heterocycles. The number of esters is 1. The number of aliphatic hydroxyl groups is 1. The first-order chi connectivity index (χ1) is 20.6. The molecule has 0 amide bonds. The topological polar surface area (TPSA) is 97.7 Å². The Morgan fingerprint density at radius 3 is 2.39 bits per heavy atom. The van der Waals surface area contributed by atoms with E-state index in [0.29, 0.717) is 11.5 Å². The summed E-state index contributed by atoms with van der Waals surface area (Å²) in [6, 6.07) is 7.23. The van der Waals surface area contributed by atoms with Crippen LogP contribution in [0.3, 0.4) is 0 Å². The molecule has 0 spiro atoms. The molecule has 238 valence electrons. The molecule has 3 saturated carbocycles. The average molecular weight is 629 g/mol. The number of hydrogen-bond donors (Lipinski definition) is 1. The number of ketones is 2. The third-order valence-electron chi connectivity index (χ3n) is 11.3. The summed E-state index contributed by atoms with van der Waals surface area (Å²) >= 11 is 0.771. The van der Waals surface area contributed by atoms with Gasteiger partial charge in [0.1, 0.15) is 6.17 Å². The minimum Gasteiger partial charge on any atom is -0.449 e. The van der Waals surface area contributed by atoms with Crippen LogP contribution in [0.4, 0.5) is 8.78 Å². The predicted molar refractivity (Wildman–Crippen MR) is 165 cm³/mol. The smallest absolute Gasteiger partial charge is 0.306 e. The third-order valence-corrected chi connectivity index (χ3v) is 12.2. The van der Waals surface area contributed by atoms with E-state index in [2.05, 4.69) is 13.8 Å². The maximum absolute atomic E-state index is 17.6. The number of hydrogen-bond acceptors (Lipinski definition) is 7. The van der Waals surface area contributed by atoms with Gasteiger partial charge in [-0.2, -0.15) is 0 Å². The maximum Gasteiger partial charge on any atom is 0.306 e. The molecular formula is C35H42F2O6S. The van der Waals surface area contributed by atoms with Crippen LogP contribution in [0.25, 0.3) is 0 Å². The summed E-state index contributed by atoms with van der Waals surface area (Å²) in [6.45, 7) is 10.7. The Balaban J connectivity index is 1.50. The molecule has 4 aliphatic carbocycles. The molecule has 0 saturated heterocycles. The number of benzene rings is 1. The molecule has 3 fully saturated rings. The summed E-state index contributed by atoms with van der Waals surface area (Å²) in [5, 5.41) is 11.2. The first-order valence-corrected chi connectivity index (χ1v) is 16.5. The second kappa shape index (κ2) is 11.3. The molecular weight excluding hydrogens is 586 g/mol. The monoisotopic (exact) mass is 628 g/mol. The van der Waals surface area contributed by atoms with Crippen LogP contribution in [0.1, 0.15) is 89.1 Å². The van der Waals surface area contributed by atoms with Crippen LogP contribution in [-0.4, -0.2) is 57.1 Å². The largest absolute Gasteiger partial charge is 0.449 e. The fraction of sp³-hybridized carbons (Fsp3) is 0.600. The summed E-state index contributed by atoms with van der Waals surface area (Å²) in [4.78, 5) is 52.5. The first-order valence-electron chi connectivity index (χ1n) is 15.5. The Morgan fingerprint density at radius 1 is 1.11 bits per heavy atom. The summed E-state index contributed by atoms with van der Waals surface area (Å²) in [5.41, 5.74) is -5.32. The number of halogens is 2. The van der Waals surface area contributed by atoms with Gasteiger partial charge in [0.25, 0.3) is 0 Å². The van der Waals surface area contributed by atoms with Crippen molar-refractivity contribution in [2.24, 2.45) is 28.6 Å². The molecule has 0 aliphatic heterocycles. The minimum absolute atomic E-state index is 0.00900. The molecule has 5 rings (SSSR count). The molecule has 44 heavy (non-hydrogen) atoms. The third kappa shape index (κ3) is 4.58. The zero-order valence-electron chi connectivity index (χ0n) is 26.2. The van der Waals surface area contributed by atoms with Crippen molar-refractivity contribution in [3.8, 4) is 0 Å². The lowest BCUT2D eigenvalue weighted by atomic mass is 9.44. The van der Waals surface area contributed by atoms with Crippen LogP contribution in [0.15, 0.2) is 48.1 Å². The van der Waals surface area contributed by atoms with Crippen LogP contribution in [0, 0.1) is 28.6 Å². The second-order valence-electron chi connectivity index (χ2n) is 13.8. The number of rotatable bonds is 7. The fourth-order valence-corrected chi connectivity index (χ4v) is 9.96. The van der Waals surface area contributed by atoms with Crippen LogP contribution in [0.5, 0.6) is 0 Å². The number of carbonyl (C=O) groups excluding carboxylic acids is 4. The summed E-state index contributed by atoms with van der Waals surface area (Å²) in [5.74, 6) is -3.42. The Kier molecular flexibility index (Phi) is 8.41. The van der Waals surface area contributed by atoms with Gasteiger partial charge in [-0.25, -0.2) is 8.78 Å². The van der Waals surface area contributed by atoms with E-state index in [1.54, 1.807) is 32.9 Å². The summed E-state index contributed by atoms with van der Waals surface area (Å²) in [6.07, 6.45) is 0.236. The van der Waals surface area contributed by atoms with E-state index < -0.39 is 69.0 Å². The van der Waals surface area contributed by atoms with Gasteiger partial charge in [-0.05, 0) is 61.3 Å². The van der Waals surface area contributed by atoms with Gasteiger partial charge >= 0.3 is 5.97 Å². The van der Waals surface area contributed by atoms with E-state index in [4.69, 9.17) is 4.74 Å². The molecule has 1 N–H and O–H groups in total. The molecule has 1 aromatic carbocycles. The van der Waals surface area contributed by atoms with Gasteiger partial charge in [0.2, 0.25) is 5.12 Å². The van der Waals surface area contributed by atoms with E-state index in [0.717, 1.165) is 23.4 Å². The molecule has 4 aliphatic rings. The number of Topliss-reactive ketones (excluding diaryl/α,β-unsaturated/α-hetero) is 1. The Hall–Kier alpha value is -2.65. The molecule has 9 heteroatoms. The van der Waals surface area contributed by atoms with Crippen molar-refractivity contribution in [2.45, 2.75) is 96.7 Å². The highest BCUT2D eigenvalue weighted by atomic mass is 32.2. The van der Waals surface area contributed by atoms with E-state index in [1.807, 2.05) is 12.1 Å². The van der Waals surface area contributed by atoms with Gasteiger partial charge in [0, 0.05) is 34.7 Å². The van der Waals surface area contributed by atoms with Gasteiger partial charge in [0.15, 0.2) is 22.8 Å². The quantitative estimate of drug-likeness (QED) is 0.272. The van der Waals surface area contributed by atoms with E-state index in [-0.39, 0.29) is 42.8 Å². The zero-order valence-corrected chi connectivity index (χ0v) is 27.0. The van der Waals surface area contributed by atoms with Crippen LogP contribution >= 0.6 is 11.8 Å². The van der Waals surface area contributed by atoms with Crippen LogP contribution in [0.2, 0.25) is 0 Å². The Labute approximate surface area is 262 Å². The Morgan fingerprint density at radius 2 is 1.77 bits per heavy atom. The minimum atomic E-state index is -2.32. The highest BCUT2D eigenvalue weighted by molar-refractivity contribution is 8.14. The van der Waals surface area contributed by atoms with Gasteiger partial charge in [-0.3, -0.25) is 19.2 Å². The molecule has 0 heterocycles. The van der Waals surface area contributed by atoms with Crippen molar-refractivity contribution in [1.82, 2.24) is 0 Å². The van der Waals surface area contributed by atoms with E-state index >= 15 is 8.78 Å². The zero-order chi connectivity index (χ0) is 32.4. The lowest BCUT2D eigenvalue weighted by Gasteiger charge is -2.63. The molecule has 0 radical (unpaired) electrons. The number of alkyl halides is 2. The molecule has 0 unspecified atom stereocenters. The first kappa shape index (κ1) is 32.7. The lowest BCUT2D eigenvalue weighted by Crippen LogP contribution is -2.70. The van der Waals surface area contributed by atoms with Gasteiger partial charge in [0.05, 0.1) is 11.9 Å². The number of aliphatic hydroxyl groups excluding tert-OH is 1. The van der Waals surface area contributed by atoms with Crippen molar-refractivity contribution < 1.29 is 37.8 Å². The number of ether oxygens (including phenoxy) is 1. The van der Waals surface area contributed by atoms with Crippen molar-refractivity contribution in [1.29, 1.82) is 0 Å². The van der Waals surface area contributed by atoms with Crippen LogP contribution < -0.4 is 0 Å². The van der Waals surface area contributed by atoms with Gasteiger partial charge < -0.3 is 9.84 Å². The standard InChI is InChI=1S/C35H42F2O6S/c1-7-30(41)43-35(31(42)44-18-28(39)22-10-8-21(9-11-22)19(2)3)20(4)14-24-25-16-27(36)26-15-23(38)12-13-32(26,5)34(25,37)29(40)17-33(24,35)6/h8-13,15,19-20,24-25,27,29,40H,7,14,16-18H2,1-6H3/t20-,24+,25+,27+,29+,32+,33+,34+,35+/m1/s1. The highest BCUT2D eigenvalue weighted by Gasteiger charge is 2.78. The maximum atomic E-state index is 17.6. The van der Waals surface area contributed by atoms with E-state index in [9.17, 15) is 24.3 Å². The molecule has 9 atom stereocenters. The molecule has 0 bridgehead atoms. The fourth-order valence-electron chi connectivity index (χ4n) is 8.85. The summed E-state index contributed by atoms with van der Waals surface area (Å²) < 4.78 is 39.5. The van der Waals surface area contributed by atoms with Gasteiger partial charge in [-0.1, -0.05) is 76.7 Å². The SMILES string of the molecule is CCC(=O)O[C@]1(C(=O)SCC(=O)c2ccc(C(C)C)cc2)[C@H](C)C[C@H]2[C@@H]3C[C@H](F)C4=CC(=O)C=C[C@]4(C)[C@@]3(F)[C@@H](O)C[C@@]21C. The van der Waals surface area contributed by atoms with Crippen molar-refractivity contribution in [3.63, 3.8) is 0 Å². The highest BCUT2D eigenvalue weighted by Crippen LogP contribution is 2.72. The second-order valence-corrected chi connectivity index (χ2v) is 14.8. The number of allylic oxidation sites excluding steroid dienone is 4. The Bertz CT molecular complexity index is 1440. The number of fused-ring (bicyclic) bond motifs is 5. The lowest BCUT2D eigenvalue weighted by molar-refractivity contribution is -0.228. The molecule has 1 aromatic rings. The van der Waals surface area contributed by atoms with Crippen molar-refractivity contribution >= 4 is 34.4 Å². The number of thioether (sulfide) groups is 1.